The van der Waals surface area contributed by atoms with E-state index in [9.17, 15) is 4.79 Å². The maximum absolute atomic E-state index is 15.5. The second kappa shape index (κ2) is 9.67. The summed E-state index contributed by atoms with van der Waals surface area (Å²) in [5.41, 5.74) is 12.8. The Balaban J connectivity index is 1.86. The first-order valence-corrected chi connectivity index (χ1v) is 10.6. The summed E-state index contributed by atoms with van der Waals surface area (Å²) < 4.78 is 27.1. The molecule has 2 aromatic heterocycles. The zero-order valence-electron chi connectivity index (χ0n) is 19.1. The van der Waals surface area contributed by atoms with E-state index in [0.29, 0.717) is 11.3 Å². The van der Waals surface area contributed by atoms with Gasteiger partial charge in [0.25, 0.3) is 0 Å². The zero-order chi connectivity index (χ0) is 25.1. The van der Waals surface area contributed by atoms with E-state index in [-0.39, 0.29) is 40.9 Å². The highest BCUT2D eigenvalue weighted by atomic mass is 19.1. The molecule has 11 heteroatoms. The molecular weight excluding hydrogens is 453 g/mol. The van der Waals surface area contributed by atoms with Gasteiger partial charge in [-0.25, -0.2) is 14.2 Å². The van der Waals surface area contributed by atoms with Crippen LogP contribution in [0.2, 0.25) is 0 Å². The van der Waals surface area contributed by atoms with Gasteiger partial charge in [-0.2, -0.15) is 4.68 Å². The number of hydrogen-bond acceptors (Lipinski definition) is 7. The number of hydrogen-bond donors (Lipinski definition) is 4. The second-order valence-corrected chi connectivity index (χ2v) is 7.74. The standard InChI is InChI=1S/C24H24FN7O3/c1-34-15-11-16(20(25)19(12-15)35-2)17(10-13-5-7-14(8-6-13)21(27)28)22-30-24(33)32(31-22)23-18(26)4-3-9-29-23/h3-9,11-12,17H,10,26H2,1-2H3,(H3,27,28)(H,30,31,33). The molecule has 4 rings (SSSR count). The van der Waals surface area contributed by atoms with Crippen LogP contribution in [0.4, 0.5) is 10.1 Å². The second-order valence-electron chi connectivity index (χ2n) is 7.74. The summed E-state index contributed by atoms with van der Waals surface area (Å²) >= 11 is 0. The first kappa shape index (κ1) is 23.5. The summed E-state index contributed by atoms with van der Waals surface area (Å²) in [5.74, 6) is -0.670. The van der Waals surface area contributed by atoms with E-state index < -0.39 is 17.4 Å². The molecule has 0 amide bonds. The Bertz CT molecular complexity index is 1430. The molecule has 2 heterocycles. The molecule has 0 aliphatic heterocycles. The number of methoxy groups -OCH3 is 2. The van der Waals surface area contributed by atoms with Crippen molar-refractivity contribution in [1.29, 1.82) is 5.41 Å². The molecule has 0 spiro atoms. The quantitative estimate of drug-likeness (QED) is 0.224. The van der Waals surface area contributed by atoms with Crippen LogP contribution in [0, 0.1) is 11.2 Å². The largest absolute Gasteiger partial charge is 0.497 e. The number of aromatic nitrogens is 4. The van der Waals surface area contributed by atoms with Crippen LogP contribution in [0.15, 0.2) is 59.5 Å². The fourth-order valence-corrected chi connectivity index (χ4v) is 3.75. The van der Waals surface area contributed by atoms with Crippen LogP contribution in [0.5, 0.6) is 11.5 Å². The number of anilines is 1. The molecule has 180 valence electrons. The number of nitrogens with one attached hydrogen (secondary N) is 2. The number of pyridine rings is 1. The molecule has 0 saturated carbocycles. The van der Waals surface area contributed by atoms with Crippen LogP contribution in [0.3, 0.4) is 0 Å². The minimum Gasteiger partial charge on any atom is -0.497 e. The van der Waals surface area contributed by atoms with Gasteiger partial charge in [0, 0.05) is 23.4 Å². The number of H-pyrrole nitrogens is 1. The summed E-state index contributed by atoms with van der Waals surface area (Å²) in [4.78, 5) is 19.7. The molecule has 6 N–H and O–H groups in total. The van der Waals surface area contributed by atoms with Gasteiger partial charge in [0.05, 0.1) is 25.8 Å². The number of aromatic amines is 1. The molecule has 0 radical (unpaired) electrons. The Morgan fingerprint density at radius 1 is 1.20 bits per heavy atom. The third-order valence-corrected chi connectivity index (χ3v) is 5.56. The van der Waals surface area contributed by atoms with Gasteiger partial charge in [0.2, 0.25) is 0 Å². The Morgan fingerprint density at radius 2 is 1.94 bits per heavy atom. The van der Waals surface area contributed by atoms with Crippen LogP contribution < -0.4 is 26.6 Å². The Hall–Kier alpha value is -4.67. The van der Waals surface area contributed by atoms with E-state index in [0.717, 1.165) is 10.2 Å². The first-order valence-electron chi connectivity index (χ1n) is 10.6. The maximum Gasteiger partial charge on any atom is 0.349 e. The molecule has 0 bridgehead atoms. The predicted molar refractivity (Wildman–Crippen MR) is 129 cm³/mol. The van der Waals surface area contributed by atoms with E-state index in [2.05, 4.69) is 15.1 Å². The number of nitrogen functional groups attached to an aromatic ring is 2. The van der Waals surface area contributed by atoms with Gasteiger partial charge in [0.1, 0.15) is 17.4 Å². The number of nitrogens with zero attached hydrogens (tertiary/aromatic N) is 3. The summed E-state index contributed by atoms with van der Waals surface area (Å²) in [7, 11) is 2.82. The number of amidine groups is 1. The topological polar surface area (TPSA) is 158 Å². The highest BCUT2D eigenvalue weighted by Crippen LogP contribution is 2.35. The fraction of sp³-hybridized carbons (Fsp3) is 0.167. The van der Waals surface area contributed by atoms with Gasteiger partial charge in [-0.05, 0) is 30.2 Å². The molecule has 35 heavy (non-hydrogen) atoms. The summed E-state index contributed by atoms with van der Waals surface area (Å²) in [6, 6.07) is 13.2. The van der Waals surface area contributed by atoms with Crippen molar-refractivity contribution in [3.8, 4) is 17.3 Å². The zero-order valence-corrected chi connectivity index (χ0v) is 19.1. The third-order valence-electron chi connectivity index (χ3n) is 5.56. The normalized spacial score (nSPS) is 11.7. The van der Waals surface area contributed by atoms with E-state index in [1.54, 1.807) is 42.5 Å². The summed E-state index contributed by atoms with van der Waals surface area (Å²) in [6.07, 6.45) is 1.75. The molecule has 2 aromatic carbocycles. The van der Waals surface area contributed by atoms with Crippen LogP contribution in [-0.4, -0.2) is 39.8 Å². The van der Waals surface area contributed by atoms with Crippen molar-refractivity contribution in [2.24, 2.45) is 5.73 Å². The first-order chi connectivity index (χ1) is 16.8. The number of ether oxygens (including phenoxy) is 2. The fourth-order valence-electron chi connectivity index (χ4n) is 3.75. The molecule has 4 aromatic rings. The van der Waals surface area contributed by atoms with E-state index in [1.165, 1.54) is 26.5 Å². The van der Waals surface area contributed by atoms with Gasteiger partial charge in [-0.3, -0.25) is 10.4 Å². The van der Waals surface area contributed by atoms with Crippen LogP contribution in [0.25, 0.3) is 5.82 Å². The molecule has 1 atom stereocenters. The van der Waals surface area contributed by atoms with E-state index in [4.69, 9.17) is 26.4 Å². The van der Waals surface area contributed by atoms with Crippen LogP contribution in [0.1, 0.15) is 28.4 Å². The van der Waals surface area contributed by atoms with Gasteiger partial charge in [-0.15, -0.1) is 5.10 Å². The van der Waals surface area contributed by atoms with Crippen molar-refractivity contribution in [1.82, 2.24) is 19.7 Å². The van der Waals surface area contributed by atoms with Crippen LogP contribution in [-0.2, 0) is 6.42 Å². The molecule has 0 fully saturated rings. The SMILES string of the molecule is COc1cc(OC)c(F)c(C(Cc2ccc(C(=N)N)cc2)c2nn(-c3ncccc3N)c(=O)[nH]2)c1. The molecule has 0 aliphatic rings. The molecule has 0 saturated heterocycles. The molecular formula is C24H24FN7O3. The lowest BCUT2D eigenvalue weighted by atomic mass is 9.90. The Labute approximate surface area is 199 Å². The summed E-state index contributed by atoms with van der Waals surface area (Å²) in [5, 5.41) is 12.0. The smallest absolute Gasteiger partial charge is 0.349 e. The van der Waals surface area contributed by atoms with Crippen molar-refractivity contribution in [2.75, 3.05) is 20.0 Å². The minimum absolute atomic E-state index is 0.00738. The van der Waals surface area contributed by atoms with Gasteiger partial charge < -0.3 is 20.9 Å². The highest BCUT2D eigenvalue weighted by Gasteiger charge is 2.27. The molecule has 10 nitrogen and oxygen atoms in total. The lowest BCUT2D eigenvalue weighted by Crippen LogP contribution is -2.18. The Kier molecular flexibility index (Phi) is 6.49. The number of nitrogens with two attached hydrogens (primary N) is 2. The van der Waals surface area contributed by atoms with Crippen molar-refractivity contribution in [2.45, 2.75) is 12.3 Å². The van der Waals surface area contributed by atoms with Crippen LogP contribution >= 0.6 is 0 Å². The van der Waals surface area contributed by atoms with Gasteiger partial charge in [-0.1, -0.05) is 24.3 Å². The lowest BCUT2D eigenvalue weighted by molar-refractivity contribution is 0.369. The number of halogens is 1. The van der Waals surface area contributed by atoms with Crippen molar-refractivity contribution >= 4 is 11.5 Å². The molecule has 0 aliphatic carbocycles. The van der Waals surface area contributed by atoms with Crippen molar-refractivity contribution in [3.05, 3.63) is 93.5 Å². The van der Waals surface area contributed by atoms with E-state index >= 15 is 4.39 Å². The summed E-state index contributed by atoms with van der Waals surface area (Å²) in [6.45, 7) is 0. The average Bonchev–Trinajstić information content (AvgIpc) is 3.24. The van der Waals surface area contributed by atoms with Crippen molar-refractivity contribution < 1.29 is 13.9 Å². The number of rotatable bonds is 8. The van der Waals surface area contributed by atoms with Crippen molar-refractivity contribution in [3.63, 3.8) is 0 Å². The highest BCUT2D eigenvalue weighted by molar-refractivity contribution is 5.94. The lowest BCUT2D eigenvalue weighted by Gasteiger charge is -2.18. The molecule has 1 unspecified atom stereocenters. The monoisotopic (exact) mass is 477 g/mol. The number of benzene rings is 2. The third kappa shape index (κ3) is 4.69. The van der Waals surface area contributed by atoms with Gasteiger partial charge in [0.15, 0.2) is 17.4 Å². The average molecular weight is 478 g/mol. The Morgan fingerprint density at radius 3 is 2.57 bits per heavy atom. The van der Waals surface area contributed by atoms with E-state index in [1.807, 2.05) is 0 Å². The predicted octanol–water partition coefficient (Wildman–Crippen LogP) is 2.35. The van der Waals surface area contributed by atoms with Gasteiger partial charge >= 0.3 is 5.69 Å². The minimum atomic E-state index is -0.735. The maximum atomic E-state index is 15.5.